The van der Waals surface area contributed by atoms with Gasteiger partial charge in [-0.1, -0.05) is 37.9 Å². The Morgan fingerprint density at radius 3 is 2.55 bits per heavy atom. The summed E-state index contributed by atoms with van der Waals surface area (Å²) in [5.41, 5.74) is 1.06. The van der Waals surface area contributed by atoms with E-state index in [1.54, 1.807) is 6.07 Å². The lowest BCUT2D eigenvalue weighted by Crippen LogP contribution is -1.86. The van der Waals surface area contributed by atoms with E-state index in [4.69, 9.17) is 0 Å². The van der Waals surface area contributed by atoms with Crippen LogP contribution in [0.5, 0.6) is 0 Å². The molecule has 0 aliphatic carbocycles. The van der Waals surface area contributed by atoms with E-state index in [0.717, 1.165) is 10.0 Å². The van der Waals surface area contributed by atoms with Crippen LogP contribution >= 0.6 is 31.9 Å². The summed E-state index contributed by atoms with van der Waals surface area (Å²) in [5, 5.41) is 0. The third-order valence-electron chi connectivity index (χ3n) is 1.39. The molecule has 60 valence electrons. The first-order valence-corrected chi connectivity index (χ1v) is 4.91. The predicted molar refractivity (Wildman–Crippen MR) is 51.4 cm³/mol. The molecular weight excluding hydrogens is 275 g/mol. The molecule has 0 amide bonds. The highest BCUT2D eigenvalue weighted by molar-refractivity contribution is 9.11. The molecule has 0 aliphatic rings. The molecule has 1 aromatic rings. The number of hydrogen-bond acceptors (Lipinski definition) is 0. The van der Waals surface area contributed by atoms with Crippen molar-refractivity contribution in [1.82, 2.24) is 0 Å². The first-order valence-electron chi connectivity index (χ1n) is 3.20. The van der Waals surface area contributed by atoms with Crippen molar-refractivity contribution in [3.63, 3.8) is 0 Å². The second kappa shape index (κ2) is 3.68. The van der Waals surface area contributed by atoms with Crippen LogP contribution in [0.3, 0.4) is 0 Å². The zero-order chi connectivity index (χ0) is 8.43. The van der Waals surface area contributed by atoms with Crippen molar-refractivity contribution in [3.05, 3.63) is 34.1 Å². The van der Waals surface area contributed by atoms with E-state index in [9.17, 15) is 4.39 Å². The van der Waals surface area contributed by atoms with Gasteiger partial charge < -0.3 is 0 Å². The SMILES string of the molecule is CC(Br)c1ccc(F)cc1Br. The van der Waals surface area contributed by atoms with Crippen LogP contribution in [0.1, 0.15) is 17.3 Å². The predicted octanol–water partition coefficient (Wildman–Crippen LogP) is 4.04. The number of alkyl halides is 1. The lowest BCUT2D eigenvalue weighted by molar-refractivity contribution is 0.626. The van der Waals surface area contributed by atoms with Crippen molar-refractivity contribution in [2.75, 3.05) is 0 Å². The summed E-state index contributed by atoms with van der Waals surface area (Å²) in [6, 6.07) is 4.68. The summed E-state index contributed by atoms with van der Waals surface area (Å²) in [6.45, 7) is 2.00. The van der Waals surface area contributed by atoms with Crippen LogP contribution in [0.4, 0.5) is 4.39 Å². The lowest BCUT2D eigenvalue weighted by atomic mass is 10.2. The van der Waals surface area contributed by atoms with Crippen LogP contribution in [-0.4, -0.2) is 0 Å². The topological polar surface area (TPSA) is 0 Å². The minimum Gasteiger partial charge on any atom is -0.207 e. The normalized spacial score (nSPS) is 13.1. The second-order valence-corrected chi connectivity index (χ2v) is 4.51. The van der Waals surface area contributed by atoms with Crippen molar-refractivity contribution in [2.24, 2.45) is 0 Å². The fourth-order valence-electron chi connectivity index (χ4n) is 0.824. The van der Waals surface area contributed by atoms with E-state index >= 15 is 0 Å². The van der Waals surface area contributed by atoms with E-state index in [2.05, 4.69) is 31.9 Å². The molecule has 3 heteroatoms. The first kappa shape index (κ1) is 9.20. The first-order chi connectivity index (χ1) is 5.11. The third-order valence-corrected chi connectivity index (χ3v) is 2.57. The van der Waals surface area contributed by atoms with E-state index in [1.165, 1.54) is 12.1 Å². The Balaban J connectivity index is 3.09. The number of halogens is 3. The highest BCUT2D eigenvalue weighted by Crippen LogP contribution is 2.29. The molecule has 11 heavy (non-hydrogen) atoms. The van der Waals surface area contributed by atoms with Crippen molar-refractivity contribution < 1.29 is 4.39 Å². The monoisotopic (exact) mass is 280 g/mol. The van der Waals surface area contributed by atoms with Gasteiger partial charge in [0.25, 0.3) is 0 Å². The van der Waals surface area contributed by atoms with Gasteiger partial charge in [-0.25, -0.2) is 4.39 Å². The van der Waals surface area contributed by atoms with Crippen molar-refractivity contribution >= 4 is 31.9 Å². The smallest absolute Gasteiger partial charge is 0.124 e. The molecule has 0 spiro atoms. The van der Waals surface area contributed by atoms with Crippen LogP contribution in [0, 0.1) is 5.82 Å². The van der Waals surface area contributed by atoms with Crippen LogP contribution < -0.4 is 0 Å². The molecule has 1 aromatic carbocycles. The number of benzene rings is 1. The van der Waals surface area contributed by atoms with Gasteiger partial charge in [0.1, 0.15) is 5.82 Å². The Hall–Kier alpha value is 0.110. The molecule has 1 rings (SSSR count). The summed E-state index contributed by atoms with van der Waals surface area (Å²) in [7, 11) is 0. The molecule has 0 saturated carbocycles. The zero-order valence-electron chi connectivity index (χ0n) is 5.94. The average molecular weight is 282 g/mol. The Labute approximate surface area is 82.1 Å². The molecule has 1 unspecified atom stereocenters. The third kappa shape index (κ3) is 2.27. The molecule has 0 heterocycles. The Kier molecular flexibility index (Phi) is 3.07. The summed E-state index contributed by atoms with van der Waals surface area (Å²) < 4.78 is 13.4. The summed E-state index contributed by atoms with van der Waals surface area (Å²) >= 11 is 6.68. The fraction of sp³-hybridized carbons (Fsp3) is 0.250. The molecule has 1 atom stereocenters. The Morgan fingerprint density at radius 2 is 2.09 bits per heavy atom. The molecule has 0 aliphatic heterocycles. The highest BCUT2D eigenvalue weighted by atomic mass is 79.9. The van der Waals surface area contributed by atoms with E-state index in [0.29, 0.717) is 0 Å². The van der Waals surface area contributed by atoms with Gasteiger partial charge in [-0.05, 0) is 24.6 Å². The minimum absolute atomic E-state index is 0.214. The largest absolute Gasteiger partial charge is 0.207 e. The highest BCUT2D eigenvalue weighted by Gasteiger charge is 2.05. The van der Waals surface area contributed by atoms with Crippen molar-refractivity contribution in [3.8, 4) is 0 Å². The van der Waals surface area contributed by atoms with Crippen molar-refractivity contribution in [2.45, 2.75) is 11.8 Å². The molecular formula is C8H7Br2F. The molecule has 0 N–H and O–H groups in total. The van der Waals surface area contributed by atoms with Gasteiger partial charge in [-0.15, -0.1) is 0 Å². The quantitative estimate of drug-likeness (QED) is 0.682. The molecule has 0 nitrogen and oxygen atoms in total. The molecule has 0 radical (unpaired) electrons. The van der Waals surface area contributed by atoms with Crippen LogP contribution in [0.25, 0.3) is 0 Å². The van der Waals surface area contributed by atoms with Gasteiger partial charge in [0, 0.05) is 9.30 Å². The van der Waals surface area contributed by atoms with Crippen molar-refractivity contribution in [1.29, 1.82) is 0 Å². The van der Waals surface area contributed by atoms with Crippen LogP contribution in [0.2, 0.25) is 0 Å². The fourth-order valence-corrected chi connectivity index (χ4v) is 2.22. The Bertz CT molecular complexity index is 258. The molecule has 0 saturated heterocycles. The second-order valence-electron chi connectivity index (χ2n) is 2.28. The van der Waals surface area contributed by atoms with Gasteiger partial charge in [0.2, 0.25) is 0 Å². The maximum Gasteiger partial charge on any atom is 0.124 e. The molecule has 0 aromatic heterocycles. The van der Waals surface area contributed by atoms with Crippen LogP contribution in [0.15, 0.2) is 22.7 Å². The zero-order valence-corrected chi connectivity index (χ0v) is 9.12. The van der Waals surface area contributed by atoms with E-state index < -0.39 is 0 Å². The Morgan fingerprint density at radius 1 is 1.45 bits per heavy atom. The lowest BCUT2D eigenvalue weighted by Gasteiger charge is -2.05. The summed E-state index contributed by atoms with van der Waals surface area (Å²) in [4.78, 5) is 0.248. The van der Waals surface area contributed by atoms with Gasteiger partial charge >= 0.3 is 0 Å². The van der Waals surface area contributed by atoms with Gasteiger partial charge in [-0.2, -0.15) is 0 Å². The molecule has 0 bridgehead atoms. The number of rotatable bonds is 1. The van der Waals surface area contributed by atoms with Gasteiger partial charge in [0.15, 0.2) is 0 Å². The number of hydrogen-bond donors (Lipinski definition) is 0. The summed E-state index contributed by atoms with van der Waals surface area (Å²) in [5.74, 6) is -0.214. The van der Waals surface area contributed by atoms with E-state index in [-0.39, 0.29) is 10.6 Å². The standard InChI is InChI=1S/C8H7Br2F/c1-5(9)7-3-2-6(11)4-8(7)10/h2-5H,1H3. The van der Waals surface area contributed by atoms with Gasteiger partial charge in [0.05, 0.1) is 0 Å². The average Bonchev–Trinajstić information content (AvgIpc) is 1.85. The minimum atomic E-state index is -0.214. The van der Waals surface area contributed by atoms with Gasteiger partial charge in [-0.3, -0.25) is 0 Å². The molecule has 0 fully saturated rings. The van der Waals surface area contributed by atoms with E-state index in [1.807, 2.05) is 6.92 Å². The van der Waals surface area contributed by atoms with Crippen LogP contribution in [-0.2, 0) is 0 Å². The maximum absolute atomic E-state index is 12.6. The maximum atomic E-state index is 12.6. The summed E-state index contributed by atoms with van der Waals surface area (Å²) in [6.07, 6.45) is 0.